The molecule has 34 heavy (non-hydrogen) atoms. The normalized spacial score (nSPS) is 12.9. The lowest BCUT2D eigenvalue weighted by Crippen LogP contribution is -2.32. The van der Waals surface area contributed by atoms with Gasteiger partial charge in [-0.15, -0.1) is 0 Å². The molecule has 0 aromatic heterocycles. The quantitative estimate of drug-likeness (QED) is 0.197. The van der Waals surface area contributed by atoms with Crippen molar-refractivity contribution in [2.24, 2.45) is 11.5 Å². The van der Waals surface area contributed by atoms with Gasteiger partial charge >= 0.3 is 11.9 Å². The molecule has 2 rings (SSSR count). The van der Waals surface area contributed by atoms with Crippen LogP contribution in [0.2, 0.25) is 0 Å². The highest BCUT2D eigenvalue weighted by Crippen LogP contribution is 2.37. The van der Waals surface area contributed by atoms with E-state index in [-0.39, 0.29) is 11.5 Å². The van der Waals surface area contributed by atoms with Crippen LogP contribution in [0.25, 0.3) is 11.1 Å². The monoisotopic (exact) mass is 508 g/mol. The summed E-state index contributed by atoms with van der Waals surface area (Å²) in [6.45, 7) is 0. The van der Waals surface area contributed by atoms with Gasteiger partial charge in [0, 0.05) is 22.6 Å². The molecule has 8 N–H and O–H groups in total. The Morgan fingerprint density at radius 1 is 0.735 bits per heavy atom. The predicted molar refractivity (Wildman–Crippen MR) is 138 cm³/mol. The summed E-state index contributed by atoms with van der Waals surface area (Å²) in [7, 11) is 0. The van der Waals surface area contributed by atoms with E-state index >= 15 is 0 Å². The summed E-state index contributed by atoms with van der Waals surface area (Å²) in [5.41, 5.74) is 14.1. The smallest absolute Gasteiger partial charge is 0.321 e. The molecule has 8 nitrogen and oxygen atoms in total. The number of rotatable bonds is 15. The maximum atomic E-state index is 10.8. The summed E-state index contributed by atoms with van der Waals surface area (Å²) < 4.78 is 0. The van der Waals surface area contributed by atoms with Crippen LogP contribution in [0.4, 0.5) is 0 Å². The van der Waals surface area contributed by atoms with E-state index in [1.54, 1.807) is 12.1 Å². The fourth-order valence-corrected chi connectivity index (χ4v) is 5.05. The van der Waals surface area contributed by atoms with Crippen LogP contribution in [-0.2, 0) is 22.4 Å². The third kappa shape index (κ3) is 9.09. The first-order chi connectivity index (χ1) is 16.2. The number of aliphatic carboxylic acids is 2. The van der Waals surface area contributed by atoms with Crippen LogP contribution < -0.4 is 11.5 Å². The average molecular weight is 509 g/mol. The molecule has 186 valence electrons. The zero-order chi connectivity index (χ0) is 25.1. The highest BCUT2D eigenvalue weighted by molar-refractivity contribution is 7.99. The van der Waals surface area contributed by atoms with Crippen molar-refractivity contribution in [2.45, 2.75) is 37.8 Å². The molecule has 0 amide bonds. The van der Waals surface area contributed by atoms with E-state index in [9.17, 15) is 19.8 Å². The molecule has 10 heteroatoms. The molecule has 0 bridgehead atoms. The van der Waals surface area contributed by atoms with E-state index in [1.165, 1.54) is 23.5 Å². The second-order valence-corrected chi connectivity index (χ2v) is 10.2. The number of aryl methyl sites for hydroxylation is 2. The Hall–Kier alpha value is -2.40. The van der Waals surface area contributed by atoms with E-state index in [4.69, 9.17) is 21.7 Å². The molecule has 2 atom stereocenters. The molecule has 0 saturated carbocycles. The number of nitrogens with two attached hydrogens (primary N) is 2. The molecule has 0 saturated heterocycles. The van der Waals surface area contributed by atoms with Crippen molar-refractivity contribution in [3.8, 4) is 22.6 Å². The van der Waals surface area contributed by atoms with Gasteiger partial charge in [0.15, 0.2) is 0 Å². The van der Waals surface area contributed by atoms with Crippen LogP contribution >= 0.6 is 23.5 Å². The van der Waals surface area contributed by atoms with Gasteiger partial charge in [-0.3, -0.25) is 9.59 Å². The predicted octanol–water partition coefficient (Wildman–Crippen LogP) is 2.92. The van der Waals surface area contributed by atoms with E-state index < -0.39 is 24.0 Å². The molecule has 0 fully saturated rings. The highest BCUT2D eigenvalue weighted by atomic mass is 32.2. The standard InChI is InChI=1S/C24H32N2O6S2/c25-19(23(29)30)13-33-9-1-3-15-5-7-21(27)17(11-15)18-12-16(6-8-22(18)28)4-2-10-34-14-20(26)24(31)32/h5-8,11-12,19-20,27-28H,1-4,9-10,13-14,25-26H2,(H,29,30)(H,31,32). The minimum Gasteiger partial charge on any atom is -0.507 e. The second-order valence-electron chi connectivity index (χ2n) is 7.95. The van der Waals surface area contributed by atoms with E-state index in [1.807, 2.05) is 24.3 Å². The third-order valence-electron chi connectivity index (χ3n) is 5.15. The summed E-state index contributed by atoms with van der Waals surface area (Å²) >= 11 is 3.00. The molecule has 0 heterocycles. The molecule has 0 aliphatic carbocycles. The van der Waals surface area contributed by atoms with Gasteiger partial charge in [-0.05, 0) is 72.6 Å². The molecule has 0 radical (unpaired) electrons. The number of thioether (sulfide) groups is 2. The number of carboxylic acid groups (broad SMARTS) is 2. The first-order valence-electron chi connectivity index (χ1n) is 11.0. The number of aromatic hydroxyl groups is 2. The Kier molecular flexibility index (Phi) is 11.5. The second kappa shape index (κ2) is 14.1. The van der Waals surface area contributed by atoms with Crippen molar-refractivity contribution in [3.63, 3.8) is 0 Å². The maximum Gasteiger partial charge on any atom is 0.321 e. The fourth-order valence-electron chi connectivity index (χ4n) is 3.23. The van der Waals surface area contributed by atoms with Gasteiger partial charge in [-0.25, -0.2) is 0 Å². The van der Waals surface area contributed by atoms with Crippen LogP contribution in [0.15, 0.2) is 36.4 Å². The van der Waals surface area contributed by atoms with Gasteiger partial charge in [-0.2, -0.15) is 23.5 Å². The summed E-state index contributed by atoms with van der Waals surface area (Å²) in [6, 6.07) is 8.93. The van der Waals surface area contributed by atoms with Crippen LogP contribution in [0.1, 0.15) is 24.0 Å². The van der Waals surface area contributed by atoms with Crippen LogP contribution in [0, 0.1) is 0 Å². The van der Waals surface area contributed by atoms with Gasteiger partial charge in [0.05, 0.1) is 0 Å². The van der Waals surface area contributed by atoms with Crippen molar-refractivity contribution >= 4 is 35.5 Å². The van der Waals surface area contributed by atoms with Crippen LogP contribution in [0.5, 0.6) is 11.5 Å². The molecular weight excluding hydrogens is 476 g/mol. The first kappa shape index (κ1) is 27.8. The molecule has 2 aromatic carbocycles. The van der Waals surface area contributed by atoms with Crippen molar-refractivity contribution < 1.29 is 30.0 Å². The zero-order valence-corrected chi connectivity index (χ0v) is 20.5. The fraction of sp³-hybridized carbons (Fsp3) is 0.417. The Bertz CT molecular complexity index is 895. The largest absolute Gasteiger partial charge is 0.507 e. The topological polar surface area (TPSA) is 167 Å². The van der Waals surface area contributed by atoms with Crippen molar-refractivity contribution in [2.75, 3.05) is 23.0 Å². The van der Waals surface area contributed by atoms with Crippen molar-refractivity contribution in [1.82, 2.24) is 0 Å². The molecule has 0 aliphatic heterocycles. The number of phenolic OH excluding ortho intramolecular Hbond substituents is 2. The lowest BCUT2D eigenvalue weighted by molar-refractivity contribution is -0.138. The molecular formula is C24H32N2O6S2. The van der Waals surface area contributed by atoms with Crippen molar-refractivity contribution in [1.29, 1.82) is 0 Å². The van der Waals surface area contributed by atoms with Gasteiger partial charge in [-0.1, -0.05) is 12.1 Å². The lowest BCUT2D eigenvalue weighted by atomic mass is 9.96. The minimum absolute atomic E-state index is 0.0798. The lowest BCUT2D eigenvalue weighted by Gasteiger charge is -2.12. The van der Waals surface area contributed by atoms with Gasteiger partial charge < -0.3 is 31.9 Å². The minimum atomic E-state index is -1.00. The summed E-state index contributed by atoms with van der Waals surface area (Å²) in [5.74, 6) is 0.425. The number of carbonyl (C=O) groups is 2. The number of carboxylic acids is 2. The molecule has 0 spiro atoms. The number of benzene rings is 2. The molecule has 2 aromatic rings. The van der Waals surface area contributed by atoms with Crippen LogP contribution in [-0.4, -0.2) is 67.5 Å². The first-order valence-corrected chi connectivity index (χ1v) is 13.3. The average Bonchev–Trinajstić information content (AvgIpc) is 2.80. The Morgan fingerprint density at radius 2 is 1.12 bits per heavy atom. The molecule has 0 aliphatic rings. The highest BCUT2D eigenvalue weighted by Gasteiger charge is 2.13. The van der Waals surface area contributed by atoms with Crippen LogP contribution in [0.3, 0.4) is 0 Å². The number of hydrogen-bond acceptors (Lipinski definition) is 8. The summed E-state index contributed by atoms with van der Waals surface area (Å²) in [6.07, 6.45) is 3.16. The number of hydrogen-bond donors (Lipinski definition) is 6. The van der Waals surface area contributed by atoms with E-state index in [0.29, 0.717) is 22.6 Å². The van der Waals surface area contributed by atoms with Gasteiger partial charge in [0.2, 0.25) is 0 Å². The Labute approximate surface area is 207 Å². The van der Waals surface area contributed by atoms with Crippen molar-refractivity contribution in [3.05, 3.63) is 47.5 Å². The Balaban J connectivity index is 1.95. The van der Waals surface area contributed by atoms with E-state index in [2.05, 4.69) is 0 Å². The Morgan fingerprint density at radius 3 is 1.47 bits per heavy atom. The van der Waals surface area contributed by atoms with Gasteiger partial charge in [0.25, 0.3) is 0 Å². The summed E-state index contributed by atoms with van der Waals surface area (Å²) in [4.78, 5) is 21.5. The maximum absolute atomic E-state index is 10.8. The van der Waals surface area contributed by atoms with E-state index in [0.717, 1.165) is 48.3 Å². The SMILES string of the molecule is NC(CSCCCc1ccc(O)c(-c2cc(CCCSCC(N)C(=O)O)ccc2O)c1)C(=O)O. The zero-order valence-electron chi connectivity index (χ0n) is 18.9. The van der Waals surface area contributed by atoms with Gasteiger partial charge in [0.1, 0.15) is 23.6 Å². The third-order valence-corrected chi connectivity index (χ3v) is 7.49. The number of phenols is 2. The summed E-state index contributed by atoms with van der Waals surface area (Å²) in [5, 5.41) is 38.5. The molecule has 2 unspecified atom stereocenters.